The summed E-state index contributed by atoms with van der Waals surface area (Å²) in [7, 11) is 0. The molecule has 1 aliphatic carbocycles. The van der Waals surface area contributed by atoms with Gasteiger partial charge in [0.2, 0.25) is 5.91 Å². The van der Waals surface area contributed by atoms with Crippen LogP contribution in [0.1, 0.15) is 57.8 Å². The van der Waals surface area contributed by atoms with Gasteiger partial charge in [-0.3, -0.25) is 9.69 Å². The molecule has 21 heavy (non-hydrogen) atoms. The molecule has 0 spiro atoms. The van der Waals surface area contributed by atoms with Gasteiger partial charge in [0.1, 0.15) is 0 Å². The highest BCUT2D eigenvalue weighted by Crippen LogP contribution is 2.28. The number of aliphatic hydroxyl groups is 1. The van der Waals surface area contributed by atoms with Gasteiger partial charge in [-0.25, -0.2) is 0 Å². The molecule has 0 bridgehead atoms. The third-order valence-electron chi connectivity index (χ3n) is 5.71. The SMILES string of the molecule is O=C(C1CCN(C2CCCCC2O)CC1)N1CCCCC1. The fourth-order valence-electron chi connectivity index (χ4n) is 4.37. The number of nitrogens with zero attached hydrogens (tertiary/aromatic N) is 2. The van der Waals surface area contributed by atoms with Crippen LogP contribution < -0.4 is 0 Å². The van der Waals surface area contributed by atoms with E-state index in [1.807, 2.05) is 0 Å². The van der Waals surface area contributed by atoms with Crippen molar-refractivity contribution >= 4 is 5.91 Å². The van der Waals surface area contributed by atoms with Gasteiger partial charge in [-0.1, -0.05) is 12.8 Å². The molecule has 1 saturated carbocycles. The van der Waals surface area contributed by atoms with Crippen molar-refractivity contribution in [1.29, 1.82) is 0 Å². The Kier molecular flexibility index (Phi) is 5.17. The third kappa shape index (κ3) is 3.59. The van der Waals surface area contributed by atoms with Crippen LogP contribution in [0, 0.1) is 5.92 Å². The maximum Gasteiger partial charge on any atom is 0.225 e. The molecule has 3 rings (SSSR count). The van der Waals surface area contributed by atoms with Crippen molar-refractivity contribution < 1.29 is 9.90 Å². The minimum absolute atomic E-state index is 0.145. The van der Waals surface area contributed by atoms with Gasteiger partial charge in [0.25, 0.3) is 0 Å². The summed E-state index contributed by atoms with van der Waals surface area (Å²) < 4.78 is 0. The molecule has 3 fully saturated rings. The summed E-state index contributed by atoms with van der Waals surface area (Å²) in [4.78, 5) is 17.1. The first-order valence-electron chi connectivity index (χ1n) is 8.96. The second-order valence-electron chi connectivity index (χ2n) is 7.12. The maximum atomic E-state index is 12.6. The van der Waals surface area contributed by atoms with Crippen LogP contribution >= 0.6 is 0 Å². The van der Waals surface area contributed by atoms with Crippen molar-refractivity contribution in [3.63, 3.8) is 0 Å². The summed E-state index contributed by atoms with van der Waals surface area (Å²) in [6, 6.07) is 0.352. The monoisotopic (exact) mass is 294 g/mol. The number of amides is 1. The predicted molar refractivity (Wildman–Crippen MR) is 83.0 cm³/mol. The van der Waals surface area contributed by atoms with Gasteiger partial charge in [-0.05, 0) is 58.0 Å². The van der Waals surface area contributed by atoms with Crippen LogP contribution in [0.25, 0.3) is 0 Å². The Labute approximate surface area is 128 Å². The Morgan fingerprint density at radius 1 is 0.810 bits per heavy atom. The zero-order valence-corrected chi connectivity index (χ0v) is 13.2. The number of hydrogen-bond acceptors (Lipinski definition) is 3. The summed E-state index contributed by atoms with van der Waals surface area (Å²) in [5, 5.41) is 10.2. The third-order valence-corrected chi connectivity index (χ3v) is 5.71. The zero-order chi connectivity index (χ0) is 14.7. The van der Waals surface area contributed by atoms with Crippen molar-refractivity contribution in [2.75, 3.05) is 26.2 Å². The highest BCUT2D eigenvalue weighted by molar-refractivity contribution is 5.79. The number of piperidine rings is 2. The van der Waals surface area contributed by atoms with Crippen LogP contribution in [-0.4, -0.2) is 59.1 Å². The smallest absolute Gasteiger partial charge is 0.225 e. The molecule has 3 aliphatic rings. The minimum Gasteiger partial charge on any atom is -0.391 e. The van der Waals surface area contributed by atoms with E-state index in [1.54, 1.807) is 0 Å². The molecular weight excluding hydrogens is 264 g/mol. The largest absolute Gasteiger partial charge is 0.391 e. The minimum atomic E-state index is -0.145. The predicted octanol–water partition coefficient (Wildman–Crippen LogP) is 2.01. The first-order valence-corrected chi connectivity index (χ1v) is 8.96. The Balaban J connectivity index is 1.49. The molecule has 0 radical (unpaired) electrons. The average molecular weight is 294 g/mol. The Hall–Kier alpha value is -0.610. The second-order valence-corrected chi connectivity index (χ2v) is 7.12. The lowest BCUT2D eigenvalue weighted by atomic mass is 9.87. The van der Waals surface area contributed by atoms with Gasteiger partial charge in [-0.2, -0.15) is 0 Å². The number of rotatable bonds is 2. The van der Waals surface area contributed by atoms with Crippen LogP contribution in [0.2, 0.25) is 0 Å². The van der Waals surface area contributed by atoms with Crippen molar-refractivity contribution in [2.45, 2.75) is 69.9 Å². The van der Waals surface area contributed by atoms with Crippen LogP contribution in [0.15, 0.2) is 0 Å². The van der Waals surface area contributed by atoms with E-state index in [9.17, 15) is 9.90 Å². The molecule has 2 atom stereocenters. The molecule has 2 saturated heterocycles. The highest BCUT2D eigenvalue weighted by Gasteiger charge is 2.34. The van der Waals surface area contributed by atoms with E-state index in [-0.39, 0.29) is 12.0 Å². The van der Waals surface area contributed by atoms with E-state index >= 15 is 0 Å². The summed E-state index contributed by atoms with van der Waals surface area (Å²) >= 11 is 0. The van der Waals surface area contributed by atoms with Gasteiger partial charge in [0.05, 0.1) is 6.10 Å². The zero-order valence-electron chi connectivity index (χ0n) is 13.2. The Morgan fingerprint density at radius 2 is 1.48 bits per heavy atom. The summed E-state index contributed by atoms with van der Waals surface area (Å²) in [6.07, 6.45) is 9.96. The maximum absolute atomic E-state index is 12.6. The van der Waals surface area contributed by atoms with E-state index < -0.39 is 0 Å². The Bertz CT molecular complexity index is 347. The highest BCUT2D eigenvalue weighted by atomic mass is 16.3. The first-order chi connectivity index (χ1) is 10.3. The molecule has 0 aromatic rings. The van der Waals surface area contributed by atoms with Crippen LogP contribution in [0.4, 0.5) is 0 Å². The molecule has 0 aromatic heterocycles. The quantitative estimate of drug-likeness (QED) is 0.847. The topological polar surface area (TPSA) is 43.8 Å². The number of likely N-dealkylation sites (tertiary alicyclic amines) is 2. The Morgan fingerprint density at radius 3 is 2.14 bits per heavy atom. The number of aliphatic hydroxyl groups excluding tert-OH is 1. The van der Waals surface area contributed by atoms with E-state index in [0.29, 0.717) is 11.9 Å². The molecule has 1 N–H and O–H groups in total. The fraction of sp³-hybridized carbons (Fsp3) is 0.941. The molecule has 4 heteroatoms. The normalized spacial score (nSPS) is 33.1. The van der Waals surface area contributed by atoms with E-state index in [1.165, 1.54) is 32.1 Å². The van der Waals surface area contributed by atoms with Gasteiger partial charge in [-0.15, -0.1) is 0 Å². The van der Waals surface area contributed by atoms with Gasteiger partial charge in [0, 0.05) is 25.0 Å². The van der Waals surface area contributed by atoms with Gasteiger partial charge < -0.3 is 10.0 Å². The van der Waals surface area contributed by atoms with Crippen molar-refractivity contribution in [3.05, 3.63) is 0 Å². The molecule has 120 valence electrons. The molecule has 4 nitrogen and oxygen atoms in total. The van der Waals surface area contributed by atoms with E-state index in [2.05, 4.69) is 9.80 Å². The standard InChI is InChI=1S/C17H30N2O2/c20-16-7-3-2-6-15(16)18-12-8-14(9-13-18)17(21)19-10-4-1-5-11-19/h14-16,20H,1-13H2. The van der Waals surface area contributed by atoms with Crippen molar-refractivity contribution in [2.24, 2.45) is 5.92 Å². The molecule has 1 amide bonds. The van der Waals surface area contributed by atoms with E-state index in [4.69, 9.17) is 0 Å². The van der Waals surface area contributed by atoms with Crippen molar-refractivity contribution in [3.8, 4) is 0 Å². The molecule has 2 heterocycles. The van der Waals surface area contributed by atoms with Gasteiger partial charge in [0.15, 0.2) is 0 Å². The summed E-state index contributed by atoms with van der Waals surface area (Å²) in [5.41, 5.74) is 0. The molecule has 0 aromatic carbocycles. The fourth-order valence-corrected chi connectivity index (χ4v) is 4.37. The van der Waals surface area contributed by atoms with Crippen LogP contribution in [0.3, 0.4) is 0 Å². The van der Waals surface area contributed by atoms with Crippen LogP contribution in [-0.2, 0) is 4.79 Å². The van der Waals surface area contributed by atoms with Crippen LogP contribution in [0.5, 0.6) is 0 Å². The number of carbonyl (C=O) groups excluding carboxylic acids is 1. The molecular formula is C17H30N2O2. The number of hydrogen-bond donors (Lipinski definition) is 1. The molecule has 2 unspecified atom stereocenters. The summed E-state index contributed by atoms with van der Waals surface area (Å²) in [6.45, 7) is 3.93. The van der Waals surface area contributed by atoms with Gasteiger partial charge >= 0.3 is 0 Å². The summed E-state index contributed by atoms with van der Waals surface area (Å²) in [5.74, 6) is 0.638. The lowest BCUT2D eigenvalue weighted by molar-refractivity contribution is -0.138. The van der Waals surface area contributed by atoms with Crippen molar-refractivity contribution in [1.82, 2.24) is 9.80 Å². The lowest BCUT2D eigenvalue weighted by Gasteiger charge is -2.42. The lowest BCUT2D eigenvalue weighted by Crippen LogP contribution is -2.51. The average Bonchev–Trinajstić information content (AvgIpc) is 2.56. The van der Waals surface area contributed by atoms with E-state index in [0.717, 1.165) is 51.9 Å². The number of carbonyl (C=O) groups is 1. The second kappa shape index (κ2) is 7.10. The molecule has 2 aliphatic heterocycles. The first kappa shape index (κ1) is 15.3.